The molecule has 0 aliphatic heterocycles. The molecule has 2 amide bonds. The summed E-state index contributed by atoms with van der Waals surface area (Å²) < 4.78 is 0. The van der Waals surface area contributed by atoms with E-state index in [0.717, 1.165) is 34.9 Å². The van der Waals surface area contributed by atoms with Crippen molar-refractivity contribution in [1.29, 1.82) is 0 Å². The molecule has 2 aromatic rings. The van der Waals surface area contributed by atoms with E-state index < -0.39 is 0 Å². The summed E-state index contributed by atoms with van der Waals surface area (Å²) in [5.74, 6) is 3.44. The lowest BCUT2D eigenvalue weighted by Crippen LogP contribution is -2.43. The predicted molar refractivity (Wildman–Crippen MR) is 113 cm³/mol. The summed E-state index contributed by atoms with van der Waals surface area (Å²) in [4.78, 5) is 29.1. The highest BCUT2D eigenvalue weighted by Gasteiger charge is 2.49. The van der Waals surface area contributed by atoms with Crippen LogP contribution in [-0.2, 0) is 16.1 Å². The lowest BCUT2D eigenvalue weighted by atomic mass is 9.51. The smallest absolute Gasteiger partial charge is 0.235 e. The van der Waals surface area contributed by atoms with Crippen LogP contribution >= 0.6 is 11.3 Å². The molecule has 4 bridgehead atoms. The highest BCUT2D eigenvalue weighted by atomic mass is 32.1. The molecule has 29 heavy (non-hydrogen) atoms. The molecular weight excluding hydrogens is 382 g/mol. The van der Waals surface area contributed by atoms with Gasteiger partial charge in [-0.3, -0.25) is 9.59 Å². The van der Waals surface area contributed by atoms with E-state index in [1.165, 1.54) is 43.4 Å². The number of amides is 2. The number of nitrogens with zero attached hydrogens (tertiary/aromatic N) is 1. The van der Waals surface area contributed by atoms with Gasteiger partial charge in [0, 0.05) is 17.8 Å². The van der Waals surface area contributed by atoms with E-state index in [9.17, 15) is 9.59 Å². The van der Waals surface area contributed by atoms with Gasteiger partial charge in [0.15, 0.2) is 5.13 Å². The maximum Gasteiger partial charge on any atom is 0.235 e. The molecule has 1 aromatic heterocycles. The van der Waals surface area contributed by atoms with Crippen molar-refractivity contribution in [2.75, 3.05) is 5.32 Å². The van der Waals surface area contributed by atoms with Crippen LogP contribution in [0.4, 0.5) is 5.13 Å². The third-order valence-corrected chi connectivity index (χ3v) is 7.77. The number of aromatic nitrogens is 1. The summed E-state index contributed by atoms with van der Waals surface area (Å²) in [7, 11) is 0. The number of rotatable bonds is 6. The summed E-state index contributed by atoms with van der Waals surface area (Å²) >= 11 is 1.48. The van der Waals surface area contributed by atoms with Gasteiger partial charge in [0.1, 0.15) is 6.42 Å². The molecule has 4 aliphatic rings. The summed E-state index contributed by atoms with van der Waals surface area (Å²) in [6, 6.07) is 9.68. The quantitative estimate of drug-likeness (QED) is 0.698. The van der Waals surface area contributed by atoms with Crippen LogP contribution in [0.25, 0.3) is 0 Å². The van der Waals surface area contributed by atoms with Crippen LogP contribution < -0.4 is 10.6 Å². The second-order valence-corrected chi connectivity index (χ2v) is 9.88. The summed E-state index contributed by atoms with van der Waals surface area (Å²) in [5.41, 5.74) is 2.18. The lowest BCUT2D eigenvalue weighted by Gasteiger charge is -2.54. The van der Waals surface area contributed by atoms with Crippen LogP contribution in [-0.4, -0.2) is 16.8 Å². The van der Waals surface area contributed by atoms with Gasteiger partial charge in [-0.05, 0) is 61.3 Å². The van der Waals surface area contributed by atoms with Crippen LogP contribution in [0, 0.1) is 23.7 Å². The molecule has 0 atom stereocenters. The van der Waals surface area contributed by atoms with Crippen molar-refractivity contribution in [3.8, 4) is 0 Å². The van der Waals surface area contributed by atoms with Crippen LogP contribution in [0.2, 0.25) is 0 Å². The minimum atomic E-state index is -0.304. The zero-order valence-electron chi connectivity index (χ0n) is 16.5. The molecule has 0 saturated heterocycles. The summed E-state index contributed by atoms with van der Waals surface area (Å²) in [6.45, 7) is 0.431. The Kier molecular flexibility index (Phi) is 5.12. The third kappa shape index (κ3) is 4.08. The average molecular weight is 410 g/mol. The zero-order chi connectivity index (χ0) is 19.8. The molecule has 152 valence electrons. The van der Waals surface area contributed by atoms with Crippen molar-refractivity contribution in [2.45, 2.75) is 51.0 Å². The van der Waals surface area contributed by atoms with E-state index in [4.69, 9.17) is 4.98 Å². The fourth-order valence-corrected chi connectivity index (χ4v) is 6.85. The SMILES string of the molecule is O=C(CC(=O)Nc1nc(C2C3CC4CC(C3)CC2C4)cs1)NCc1ccccc1. The largest absolute Gasteiger partial charge is 0.352 e. The Morgan fingerprint density at radius 2 is 1.66 bits per heavy atom. The zero-order valence-corrected chi connectivity index (χ0v) is 17.3. The standard InChI is InChI=1S/C23H27N3O2S/c27-20(24-12-14-4-2-1-3-5-14)11-21(28)26-23-25-19(13-29-23)22-17-7-15-6-16(9-17)10-18(22)8-15/h1-5,13,15-18,22H,6-12H2,(H,24,27)(H,25,26,28). The van der Waals surface area contributed by atoms with Crippen molar-refractivity contribution in [3.05, 3.63) is 47.0 Å². The van der Waals surface area contributed by atoms with Crippen LogP contribution in [0.15, 0.2) is 35.7 Å². The van der Waals surface area contributed by atoms with Gasteiger partial charge in [-0.25, -0.2) is 4.98 Å². The molecule has 0 unspecified atom stereocenters. The topological polar surface area (TPSA) is 71.1 Å². The fraction of sp³-hybridized carbons (Fsp3) is 0.522. The van der Waals surface area contributed by atoms with Gasteiger partial charge in [0.2, 0.25) is 11.8 Å². The Labute approximate surface area is 175 Å². The Bertz CT molecular complexity index is 867. The van der Waals surface area contributed by atoms with Crippen LogP contribution in [0.3, 0.4) is 0 Å². The monoisotopic (exact) mass is 409 g/mol. The first-order chi connectivity index (χ1) is 14.1. The molecule has 1 heterocycles. The number of hydrogen-bond acceptors (Lipinski definition) is 4. The minimum Gasteiger partial charge on any atom is -0.352 e. The number of anilines is 1. The molecule has 6 heteroatoms. The fourth-order valence-electron chi connectivity index (χ4n) is 6.07. The number of hydrogen-bond donors (Lipinski definition) is 2. The normalized spacial score (nSPS) is 29.6. The molecule has 1 aromatic carbocycles. The van der Waals surface area contributed by atoms with Crippen molar-refractivity contribution in [3.63, 3.8) is 0 Å². The summed E-state index contributed by atoms with van der Waals surface area (Å²) in [5, 5.41) is 8.36. The van der Waals surface area contributed by atoms with E-state index in [0.29, 0.717) is 17.6 Å². The maximum atomic E-state index is 12.3. The Balaban J connectivity index is 1.14. The second kappa shape index (κ2) is 7.90. The van der Waals surface area contributed by atoms with Crippen molar-refractivity contribution < 1.29 is 9.59 Å². The number of thiazole rings is 1. The Morgan fingerprint density at radius 1 is 0.966 bits per heavy atom. The van der Waals surface area contributed by atoms with Crippen LogP contribution in [0.1, 0.15) is 55.7 Å². The van der Waals surface area contributed by atoms with Gasteiger partial charge in [0.25, 0.3) is 0 Å². The average Bonchev–Trinajstić information content (AvgIpc) is 3.14. The van der Waals surface area contributed by atoms with E-state index in [2.05, 4.69) is 16.0 Å². The van der Waals surface area contributed by atoms with Gasteiger partial charge < -0.3 is 10.6 Å². The van der Waals surface area contributed by atoms with Gasteiger partial charge in [-0.2, -0.15) is 0 Å². The molecule has 2 N–H and O–H groups in total. The van der Waals surface area contributed by atoms with Crippen molar-refractivity contribution in [2.24, 2.45) is 23.7 Å². The molecule has 4 fully saturated rings. The molecule has 4 saturated carbocycles. The third-order valence-electron chi connectivity index (χ3n) is 6.99. The number of carbonyl (C=O) groups is 2. The predicted octanol–water partition coefficient (Wildman–Crippen LogP) is 4.33. The van der Waals surface area contributed by atoms with Crippen LogP contribution in [0.5, 0.6) is 0 Å². The first kappa shape index (κ1) is 18.8. The molecule has 0 spiro atoms. The molecule has 0 radical (unpaired) electrons. The van der Waals surface area contributed by atoms with E-state index in [1.54, 1.807) is 0 Å². The number of nitrogens with one attached hydrogen (secondary N) is 2. The van der Waals surface area contributed by atoms with Crippen molar-refractivity contribution in [1.82, 2.24) is 10.3 Å². The van der Waals surface area contributed by atoms with E-state index >= 15 is 0 Å². The number of carbonyl (C=O) groups excluding carboxylic acids is 2. The first-order valence-corrected chi connectivity index (χ1v) is 11.6. The minimum absolute atomic E-state index is 0.181. The summed E-state index contributed by atoms with van der Waals surface area (Å²) in [6.07, 6.45) is 6.71. The molecule has 6 rings (SSSR count). The molecule has 4 aliphatic carbocycles. The lowest BCUT2D eigenvalue weighted by molar-refractivity contribution is -0.126. The first-order valence-electron chi connectivity index (χ1n) is 10.7. The van der Waals surface area contributed by atoms with Gasteiger partial charge in [-0.1, -0.05) is 30.3 Å². The maximum absolute atomic E-state index is 12.3. The van der Waals surface area contributed by atoms with Crippen molar-refractivity contribution >= 4 is 28.3 Å². The second-order valence-electron chi connectivity index (χ2n) is 9.02. The highest BCUT2D eigenvalue weighted by molar-refractivity contribution is 7.13. The van der Waals surface area contributed by atoms with E-state index in [-0.39, 0.29) is 18.2 Å². The van der Waals surface area contributed by atoms with E-state index in [1.807, 2.05) is 30.3 Å². The Morgan fingerprint density at radius 3 is 2.34 bits per heavy atom. The highest BCUT2D eigenvalue weighted by Crippen LogP contribution is 2.59. The molecule has 5 nitrogen and oxygen atoms in total. The number of benzene rings is 1. The molecular formula is C23H27N3O2S. The van der Waals surface area contributed by atoms with Gasteiger partial charge in [0.05, 0.1) is 5.69 Å². The Hall–Kier alpha value is -2.21. The van der Waals surface area contributed by atoms with Gasteiger partial charge in [-0.15, -0.1) is 11.3 Å². The van der Waals surface area contributed by atoms with Gasteiger partial charge >= 0.3 is 0 Å².